The summed E-state index contributed by atoms with van der Waals surface area (Å²) in [6.45, 7) is 2.25. The fourth-order valence-corrected chi connectivity index (χ4v) is 2.37. The van der Waals surface area contributed by atoms with E-state index in [4.69, 9.17) is 0 Å². The maximum Gasteiger partial charge on any atom is 0.231 e. The van der Waals surface area contributed by atoms with E-state index in [1.165, 1.54) is 0 Å². The van der Waals surface area contributed by atoms with Crippen molar-refractivity contribution in [3.63, 3.8) is 0 Å². The highest BCUT2D eigenvalue weighted by Gasteiger charge is 2.23. The molecule has 0 atom stereocenters. The lowest BCUT2D eigenvalue weighted by atomic mass is 10.0. The zero-order valence-electron chi connectivity index (χ0n) is 13.1. The first-order chi connectivity index (χ1) is 9.51. The minimum atomic E-state index is 0.494. The van der Waals surface area contributed by atoms with Crippen LogP contribution in [0.2, 0.25) is 0 Å². The standard InChI is InChI=1S/C13H25N7/c1-14-11-15-12(18(2)3)17-13(16-11)20(5)10-6-8-19(4)9-7-10/h10H,6-9H2,1-5H3,(H,14,15,16,17). The molecular formula is C13H25N7. The molecule has 1 aromatic rings. The minimum Gasteiger partial charge on any atom is -0.357 e. The van der Waals surface area contributed by atoms with Crippen LogP contribution in [0.15, 0.2) is 0 Å². The van der Waals surface area contributed by atoms with E-state index in [0.717, 1.165) is 31.9 Å². The molecule has 2 heterocycles. The predicted octanol–water partition coefficient (Wildman–Crippen LogP) is 0.510. The molecule has 0 unspecified atom stereocenters. The lowest BCUT2D eigenvalue weighted by Crippen LogP contribution is -2.42. The van der Waals surface area contributed by atoms with Gasteiger partial charge in [0.05, 0.1) is 0 Å². The van der Waals surface area contributed by atoms with Gasteiger partial charge in [0, 0.05) is 34.2 Å². The summed E-state index contributed by atoms with van der Waals surface area (Å²) < 4.78 is 0. The molecule has 20 heavy (non-hydrogen) atoms. The van der Waals surface area contributed by atoms with E-state index < -0.39 is 0 Å². The van der Waals surface area contributed by atoms with Crippen molar-refractivity contribution in [1.82, 2.24) is 19.9 Å². The minimum absolute atomic E-state index is 0.494. The topological polar surface area (TPSA) is 60.4 Å². The highest BCUT2D eigenvalue weighted by atomic mass is 15.4. The second kappa shape index (κ2) is 6.21. The lowest BCUT2D eigenvalue weighted by molar-refractivity contribution is 0.252. The number of nitrogens with zero attached hydrogens (tertiary/aromatic N) is 6. The van der Waals surface area contributed by atoms with Gasteiger partial charge in [-0.2, -0.15) is 15.0 Å². The first kappa shape index (κ1) is 14.8. The Bertz CT molecular complexity index is 440. The van der Waals surface area contributed by atoms with Crippen LogP contribution in [0, 0.1) is 0 Å². The molecule has 1 fully saturated rings. The van der Waals surface area contributed by atoms with Crippen LogP contribution >= 0.6 is 0 Å². The fraction of sp³-hybridized carbons (Fsp3) is 0.769. The van der Waals surface area contributed by atoms with E-state index in [1.807, 2.05) is 26.0 Å². The van der Waals surface area contributed by atoms with Gasteiger partial charge in [-0.15, -0.1) is 0 Å². The fourth-order valence-electron chi connectivity index (χ4n) is 2.37. The van der Waals surface area contributed by atoms with Gasteiger partial charge in [-0.25, -0.2) is 0 Å². The molecule has 0 bridgehead atoms. The molecule has 0 amide bonds. The molecule has 0 aromatic carbocycles. The van der Waals surface area contributed by atoms with Crippen molar-refractivity contribution in [2.45, 2.75) is 18.9 Å². The number of hydrogen-bond acceptors (Lipinski definition) is 7. The summed E-state index contributed by atoms with van der Waals surface area (Å²) in [5.74, 6) is 2.03. The first-order valence-electron chi connectivity index (χ1n) is 7.03. The molecule has 1 saturated heterocycles. The van der Waals surface area contributed by atoms with Crippen LogP contribution in [0.3, 0.4) is 0 Å². The Hall–Kier alpha value is -1.63. The summed E-state index contributed by atoms with van der Waals surface area (Å²) in [6, 6.07) is 0.494. The van der Waals surface area contributed by atoms with Crippen molar-refractivity contribution >= 4 is 17.8 Å². The monoisotopic (exact) mass is 279 g/mol. The summed E-state index contributed by atoms with van der Waals surface area (Å²) in [5, 5.41) is 3.00. The maximum atomic E-state index is 4.55. The molecule has 1 aromatic heterocycles. The van der Waals surface area contributed by atoms with Crippen LogP contribution in [0.25, 0.3) is 0 Å². The number of aromatic nitrogens is 3. The molecule has 7 heteroatoms. The quantitative estimate of drug-likeness (QED) is 0.861. The molecule has 2 rings (SSSR count). The maximum absolute atomic E-state index is 4.55. The van der Waals surface area contributed by atoms with Crippen LogP contribution in [-0.4, -0.2) is 74.2 Å². The number of piperidine rings is 1. The van der Waals surface area contributed by atoms with Gasteiger partial charge in [0.2, 0.25) is 17.8 Å². The van der Waals surface area contributed by atoms with E-state index in [0.29, 0.717) is 17.9 Å². The molecule has 0 spiro atoms. The Morgan fingerprint density at radius 2 is 1.65 bits per heavy atom. The van der Waals surface area contributed by atoms with Crippen LogP contribution < -0.4 is 15.1 Å². The van der Waals surface area contributed by atoms with Gasteiger partial charge in [0.15, 0.2) is 0 Å². The van der Waals surface area contributed by atoms with Crippen molar-refractivity contribution in [1.29, 1.82) is 0 Å². The summed E-state index contributed by atoms with van der Waals surface area (Å²) in [6.07, 6.45) is 2.29. The third kappa shape index (κ3) is 3.27. The predicted molar refractivity (Wildman–Crippen MR) is 82.6 cm³/mol. The average Bonchev–Trinajstić information content (AvgIpc) is 2.46. The summed E-state index contributed by atoms with van der Waals surface area (Å²) in [4.78, 5) is 19.8. The molecule has 0 saturated carbocycles. The highest BCUT2D eigenvalue weighted by Crippen LogP contribution is 2.21. The van der Waals surface area contributed by atoms with Crippen LogP contribution in [0.4, 0.5) is 17.8 Å². The Labute approximate surface area is 121 Å². The SMILES string of the molecule is CNc1nc(N(C)C)nc(N(C)C2CCN(C)CC2)n1. The van der Waals surface area contributed by atoms with Gasteiger partial charge in [-0.1, -0.05) is 0 Å². The molecular weight excluding hydrogens is 254 g/mol. The Kier molecular flexibility index (Phi) is 4.59. The second-order valence-electron chi connectivity index (χ2n) is 5.55. The van der Waals surface area contributed by atoms with Crippen LogP contribution in [-0.2, 0) is 0 Å². The van der Waals surface area contributed by atoms with E-state index in [1.54, 1.807) is 0 Å². The summed E-state index contributed by atoms with van der Waals surface area (Å²) in [7, 11) is 9.95. The summed E-state index contributed by atoms with van der Waals surface area (Å²) >= 11 is 0. The molecule has 1 aliphatic rings. The van der Waals surface area contributed by atoms with Crippen molar-refractivity contribution in [2.24, 2.45) is 0 Å². The number of nitrogens with one attached hydrogen (secondary N) is 1. The van der Waals surface area contributed by atoms with Gasteiger partial charge in [-0.3, -0.25) is 0 Å². The largest absolute Gasteiger partial charge is 0.357 e. The molecule has 0 radical (unpaired) electrons. The van der Waals surface area contributed by atoms with E-state index >= 15 is 0 Å². The van der Waals surface area contributed by atoms with Crippen molar-refractivity contribution in [3.8, 4) is 0 Å². The molecule has 0 aliphatic carbocycles. The molecule has 7 nitrogen and oxygen atoms in total. The van der Waals surface area contributed by atoms with Gasteiger partial charge < -0.3 is 20.0 Å². The summed E-state index contributed by atoms with van der Waals surface area (Å²) in [5.41, 5.74) is 0. The Balaban J connectivity index is 2.20. The smallest absolute Gasteiger partial charge is 0.231 e. The van der Waals surface area contributed by atoms with Crippen molar-refractivity contribution in [2.75, 3.05) is 63.4 Å². The second-order valence-corrected chi connectivity index (χ2v) is 5.55. The van der Waals surface area contributed by atoms with Crippen molar-refractivity contribution < 1.29 is 0 Å². The number of likely N-dealkylation sites (tertiary alicyclic amines) is 1. The molecule has 1 aliphatic heterocycles. The number of anilines is 3. The van der Waals surface area contributed by atoms with Gasteiger partial charge >= 0.3 is 0 Å². The third-order valence-corrected chi connectivity index (χ3v) is 3.79. The zero-order chi connectivity index (χ0) is 14.7. The Morgan fingerprint density at radius 1 is 1.05 bits per heavy atom. The number of hydrogen-bond donors (Lipinski definition) is 1. The van der Waals surface area contributed by atoms with Crippen LogP contribution in [0.5, 0.6) is 0 Å². The Morgan fingerprint density at radius 3 is 2.20 bits per heavy atom. The van der Waals surface area contributed by atoms with Gasteiger partial charge in [0.1, 0.15) is 0 Å². The van der Waals surface area contributed by atoms with E-state index in [2.05, 4.69) is 44.2 Å². The lowest BCUT2D eigenvalue weighted by Gasteiger charge is -2.35. The van der Waals surface area contributed by atoms with Crippen LogP contribution in [0.1, 0.15) is 12.8 Å². The van der Waals surface area contributed by atoms with E-state index in [9.17, 15) is 0 Å². The third-order valence-electron chi connectivity index (χ3n) is 3.79. The van der Waals surface area contributed by atoms with E-state index in [-0.39, 0.29) is 0 Å². The van der Waals surface area contributed by atoms with Gasteiger partial charge in [-0.05, 0) is 33.0 Å². The normalized spacial score (nSPS) is 17.1. The first-order valence-corrected chi connectivity index (χ1v) is 7.03. The molecule has 1 N–H and O–H groups in total. The number of rotatable bonds is 4. The van der Waals surface area contributed by atoms with Gasteiger partial charge in [0.25, 0.3) is 0 Å². The van der Waals surface area contributed by atoms with Crippen molar-refractivity contribution in [3.05, 3.63) is 0 Å². The molecule has 112 valence electrons. The highest BCUT2D eigenvalue weighted by molar-refractivity contribution is 5.44. The average molecular weight is 279 g/mol. The zero-order valence-corrected chi connectivity index (χ0v) is 13.1.